The summed E-state index contributed by atoms with van der Waals surface area (Å²) in [6.07, 6.45) is 5.23. The topological polar surface area (TPSA) is 74.3 Å². The molecule has 23 heavy (non-hydrogen) atoms. The smallest absolute Gasteiger partial charge is 0.230 e. The van der Waals surface area contributed by atoms with Gasteiger partial charge in [0.1, 0.15) is 5.82 Å². The summed E-state index contributed by atoms with van der Waals surface area (Å²) in [6, 6.07) is 11.7. The zero-order valence-corrected chi connectivity index (χ0v) is 13.8. The van der Waals surface area contributed by atoms with Gasteiger partial charge < -0.3 is 10.2 Å². The van der Waals surface area contributed by atoms with Crippen LogP contribution in [0.25, 0.3) is 0 Å². The lowest BCUT2D eigenvalue weighted by atomic mass is 10.2. The first-order valence-corrected chi connectivity index (χ1v) is 9.45. The van der Waals surface area contributed by atoms with Gasteiger partial charge in [-0.1, -0.05) is 0 Å². The van der Waals surface area contributed by atoms with Crippen molar-refractivity contribution >= 4 is 32.9 Å². The maximum Gasteiger partial charge on any atom is 0.230 e. The molecule has 1 aromatic carbocycles. The number of hydrogen-bond acceptors (Lipinski definition) is 5. The molecule has 0 aliphatic carbocycles. The number of nitrogens with one attached hydrogen (secondary N) is 2. The summed E-state index contributed by atoms with van der Waals surface area (Å²) in [5.74, 6) is 0.308. The van der Waals surface area contributed by atoms with Crippen LogP contribution in [-0.2, 0) is 10.0 Å². The predicted molar refractivity (Wildman–Crippen MR) is 93.9 cm³/mol. The highest BCUT2D eigenvalue weighted by Gasteiger charge is 2.11. The van der Waals surface area contributed by atoms with E-state index in [9.17, 15) is 8.42 Å². The fraction of sp³-hybridized carbons (Fsp3) is 0.312. The minimum absolute atomic E-state index is 0.308. The van der Waals surface area contributed by atoms with Crippen molar-refractivity contribution < 1.29 is 8.42 Å². The Kier molecular flexibility index (Phi) is 4.38. The zero-order valence-electron chi connectivity index (χ0n) is 13.0. The van der Waals surface area contributed by atoms with E-state index in [1.54, 1.807) is 18.3 Å². The Balaban J connectivity index is 1.64. The third kappa shape index (κ3) is 4.35. The van der Waals surface area contributed by atoms with Crippen LogP contribution in [0.5, 0.6) is 0 Å². The molecule has 6 nitrogen and oxygen atoms in total. The molecule has 1 aromatic heterocycles. The van der Waals surface area contributed by atoms with Gasteiger partial charge in [0.2, 0.25) is 10.0 Å². The maximum atomic E-state index is 11.1. The second-order valence-corrected chi connectivity index (χ2v) is 7.42. The molecular weight excluding hydrogens is 312 g/mol. The van der Waals surface area contributed by atoms with E-state index in [1.807, 2.05) is 12.1 Å². The molecule has 1 fully saturated rings. The quantitative estimate of drug-likeness (QED) is 0.881. The Morgan fingerprint density at radius 3 is 2.22 bits per heavy atom. The fourth-order valence-electron chi connectivity index (χ4n) is 2.62. The molecule has 2 heterocycles. The van der Waals surface area contributed by atoms with Crippen molar-refractivity contribution in [3.63, 3.8) is 0 Å². The van der Waals surface area contributed by atoms with Crippen LogP contribution in [0.4, 0.5) is 22.9 Å². The van der Waals surface area contributed by atoms with Crippen LogP contribution in [0, 0.1) is 0 Å². The average molecular weight is 332 g/mol. The van der Waals surface area contributed by atoms with Gasteiger partial charge in [-0.25, -0.2) is 13.4 Å². The van der Waals surface area contributed by atoms with E-state index in [2.05, 4.69) is 32.1 Å². The van der Waals surface area contributed by atoms with Crippen molar-refractivity contribution in [2.24, 2.45) is 0 Å². The maximum absolute atomic E-state index is 11.1. The Labute approximate surface area is 136 Å². The van der Waals surface area contributed by atoms with E-state index in [4.69, 9.17) is 0 Å². The summed E-state index contributed by atoms with van der Waals surface area (Å²) >= 11 is 0. The van der Waals surface area contributed by atoms with E-state index in [0.29, 0.717) is 5.82 Å². The van der Waals surface area contributed by atoms with Crippen LogP contribution in [0.15, 0.2) is 42.6 Å². The molecule has 122 valence electrons. The van der Waals surface area contributed by atoms with Gasteiger partial charge in [0.15, 0.2) is 0 Å². The van der Waals surface area contributed by atoms with Crippen LogP contribution in [0.3, 0.4) is 0 Å². The number of benzene rings is 1. The van der Waals surface area contributed by atoms with Crippen LogP contribution >= 0.6 is 0 Å². The van der Waals surface area contributed by atoms with Crippen molar-refractivity contribution in [3.8, 4) is 0 Å². The number of pyridine rings is 1. The average Bonchev–Trinajstić information content (AvgIpc) is 3.03. The van der Waals surface area contributed by atoms with E-state index < -0.39 is 10.0 Å². The van der Waals surface area contributed by atoms with Gasteiger partial charge in [0.25, 0.3) is 0 Å². The lowest BCUT2D eigenvalue weighted by Gasteiger charge is -2.18. The first-order chi connectivity index (χ1) is 11.0. The highest BCUT2D eigenvalue weighted by Crippen LogP contribution is 2.24. The zero-order chi connectivity index (χ0) is 16.3. The number of nitrogens with zero attached hydrogens (tertiary/aromatic N) is 2. The minimum Gasteiger partial charge on any atom is -0.372 e. The fourth-order valence-corrected chi connectivity index (χ4v) is 3.12. The molecule has 0 bridgehead atoms. The van der Waals surface area contributed by atoms with E-state index in [-0.39, 0.29) is 0 Å². The Hall–Kier alpha value is -2.28. The second kappa shape index (κ2) is 6.45. The molecule has 0 unspecified atom stereocenters. The van der Waals surface area contributed by atoms with Crippen molar-refractivity contribution in [1.82, 2.24) is 4.98 Å². The van der Waals surface area contributed by atoms with Crippen molar-refractivity contribution in [3.05, 3.63) is 42.6 Å². The van der Waals surface area contributed by atoms with Gasteiger partial charge in [0, 0.05) is 24.5 Å². The van der Waals surface area contributed by atoms with Crippen LogP contribution < -0.4 is 14.9 Å². The molecule has 0 atom stereocenters. The summed E-state index contributed by atoms with van der Waals surface area (Å²) in [6.45, 7) is 2.26. The highest BCUT2D eigenvalue weighted by atomic mass is 32.2. The number of aromatic nitrogens is 1. The predicted octanol–water partition coefficient (Wildman–Crippen LogP) is 2.80. The SMILES string of the molecule is CS(=O)(=O)Nc1ccc(Nc2ccc(N3CCCC3)cc2)cn1. The number of rotatable bonds is 5. The Bertz CT molecular complexity index is 752. The third-order valence-electron chi connectivity index (χ3n) is 3.68. The Morgan fingerprint density at radius 1 is 1.00 bits per heavy atom. The molecule has 1 aliphatic heterocycles. The number of sulfonamides is 1. The largest absolute Gasteiger partial charge is 0.372 e. The lowest BCUT2D eigenvalue weighted by molar-refractivity contribution is 0.606. The van der Waals surface area contributed by atoms with Crippen LogP contribution in [0.2, 0.25) is 0 Å². The van der Waals surface area contributed by atoms with Crippen LogP contribution in [0.1, 0.15) is 12.8 Å². The van der Waals surface area contributed by atoms with Gasteiger partial charge >= 0.3 is 0 Å². The molecule has 0 saturated carbocycles. The molecule has 7 heteroatoms. The minimum atomic E-state index is -3.30. The van der Waals surface area contributed by atoms with Crippen molar-refractivity contribution in [1.29, 1.82) is 0 Å². The van der Waals surface area contributed by atoms with Gasteiger partial charge in [0.05, 0.1) is 18.1 Å². The highest BCUT2D eigenvalue weighted by molar-refractivity contribution is 7.92. The van der Waals surface area contributed by atoms with Gasteiger partial charge in [-0.05, 0) is 49.2 Å². The molecule has 0 amide bonds. The summed E-state index contributed by atoms with van der Waals surface area (Å²) in [5.41, 5.74) is 3.02. The molecule has 0 radical (unpaired) electrons. The summed E-state index contributed by atoms with van der Waals surface area (Å²) < 4.78 is 24.6. The first-order valence-electron chi connectivity index (χ1n) is 7.55. The summed E-state index contributed by atoms with van der Waals surface area (Å²) in [4.78, 5) is 6.47. The molecule has 3 rings (SSSR count). The number of anilines is 4. The second-order valence-electron chi connectivity index (χ2n) is 5.67. The van der Waals surface area contributed by atoms with Gasteiger partial charge in [-0.15, -0.1) is 0 Å². The van der Waals surface area contributed by atoms with Crippen molar-refractivity contribution in [2.75, 3.05) is 34.3 Å². The molecule has 1 aliphatic rings. The molecule has 2 aromatic rings. The normalized spacial score (nSPS) is 14.7. The monoisotopic (exact) mass is 332 g/mol. The van der Waals surface area contributed by atoms with Crippen LogP contribution in [-0.4, -0.2) is 32.7 Å². The molecule has 1 saturated heterocycles. The van der Waals surface area contributed by atoms with E-state index in [1.165, 1.54) is 18.5 Å². The summed E-state index contributed by atoms with van der Waals surface area (Å²) in [7, 11) is -3.30. The number of hydrogen-bond donors (Lipinski definition) is 2. The molecule has 2 N–H and O–H groups in total. The Morgan fingerprint density at radius 2 is 1.65 bits per heavy atom. The standard InChI is InChI=1S/C16H20N4O2S/c1-23(21,22)19-16-9-6-14(12-17-16)18-13-4-7-15(8-5-13)20-10-2-3-11-20/h4-9,12,18H,2-3,10-11H2,1H3,(H,17,19). The van der Waals surface area contributed by atoms with E-state index >= 15 is 0 Å². The third-order valence-corrected chi connectivity index (χ3v) is 4.26. The van der Waals surface area contributed by atoms with Crippen molar-refractivity contribution in [2.45, 2.75) is 12.8 Å². The van der Waals surface area contributed by atoms with Gasteiger partial charge in [-0.2, -0.15) is 0 Å². The first kappa shape index (κ1) is 15.6. The summed E-state index contributed by atoms with van der Waals surface area (Å²) in [5, 5.41) is 3.25. The molecule has 0 spiro atoms. The molecular formula is C16H20N4O2S. The lowest BCUT2D eigenvalue weighted by Crippen LogP contribution is -2.17. The van der Waals surface area contributed by atoms with E-state index in [0.717, 1.165) is 30.7 Å². The van der Waals surface area contributed by atoms with Gasteiger partial charge in [-0.3, -0.25) is 4.72 Å².